The molecule has 4 nitrogen and oxygen atoms in total. The summed E-state index contributed by atoms with van der Waals surface area (Å²) in [5, 5.41) is 9.63. The number of unbranched alkanes of at least 4 members (excludes halogenated alkanes) is 13. The maximum absolute atomic E-state index is 11.3. The van der Waals surface area contributed by atoms with Gasteiger partial charge in [-0.15, -0.1) is 0 Å². The van der Waals surface area contributed by atoms with Gasteiger partial charge in [-0.1, -0.05) is 90.4 Å². The van der Waals surface area contributed by atoms with E-state index in [1.165, 1.54) is 83.1 Å². The number of hydrogen-bond donors (Lipinski definition) is 1. The molecule has 4 heteroatoms. The smallest absolute Gasteiger partial charge is 0.223 e. The van der Waals surface area contributed by atoms with E-state index < -0.39 is 11.2 Å². The third-order valence-corrected chi connectivity index (χ3v) is 5.06. The Bertz CT molecular complexity index is 551. The first kappa shape index (κ1) is 22.5. The van der Waals surface area contributed by atoms with E-state index in [1.54, 1.807) is 10.8 Å². The monoisotopic (exact) mass is 363 g/mol. The number of rotatable bonds is 16. The van der Waals surface area contributed by atoms with Crippen molar-refractivity contribution < 1.29 is 9.90 Å². The van der Waals surface area contributed by atoms with Crippen molar-refractivity contribution in [1.29, 1.82) is 0 Å². The number of aldehydes is 1. The molecule has 0 aromatic carbocycles. The third kappa shape index (κ3) is 9.21. The van der Waals surface area contributed by atoms with E-state index in [0.29, 0.717) is 12.8 Å². The van der Waals surface area contributed by atoms with Crippen LogP contribution >= 0.6 is 0 Å². The molecule has 0 aliphatic rings. The standard InChI is InChI=1S/C22H37NO3/c1-2-3-4-5-6-7-8-9-10-11-12-13-14-15-17-23-18-16-21(25)22(26)20(23)19-24/h16,18-19,26H,2-15,17H2,1H3. The molecule has 1 aromatic rings. The number of pyridine rings is 1. The van der Waals surface area contributed by atoms with Crippen LogP contribution in [-0.4, -0.2) is 16.0 Å². The Morgan fingerprint density at radius 1 is 0.846 bits per heavy atom. The molecular formula is C22H37NO3. The Kier molecular flexibility index (Phi) is 12.6. The van der Waals surface area contributed by atoms with Crippen molar-refractivity contribution in [2.24, 2.45) is 0 Å². The first-order valence-corrected chi connectivity index (χ1v) is 10.6. The van der Waals surface area contributed by atoms with Gasteiger partial charge in [0.15, 0.2) is 12.0 Å². The zero-order valence-corrected chi connectivity index (χ0v) is 16.5. The van der Waals surface area contributed by atoms with Crippen LogP contribution in [0.5, 0.6) is 5.75 Å². The number of aryl methyl sites for hydroxylation is 1. The molecule has 0 spiro atoms. The number of carbonyl (C=O) groups is 1. The van der Waals surface area contributed by atoms with E-state index in [2.05, 4.69) is 6.92 Å². The van der Waals surface area contributed by atoms with E-state index in [1.807, 2.05) is 0 Å². The van der Waals surface area contributed by atoms with Gasteiger partial charge in [0.1, 0.15) is 5.69 Å². The topological polar surface area (TPSA) is 59.3 Å². The van der Waals surface area contributed by atoms with E-state index in [4.69, 9.17) is 0 Å². The van der Waals surface area contributed by atoms with Crippen LogP contribution < -0.4 is 5.43 Å². The van der Waals surface area contributed by atoms with Crippen molar-refractivity contribution in [1.82, 2.24) is 4.57 Å². The summed E-state index contributed by atoms with van der Waals surface area (Å²) < 4.78 is 1.67. The van der Waals surface area contributed by atoms with Gasteiger partial charge in [-0.3, -0.25) is 9.59 Å². The molecule has 0 saturated heterocycles. The summed E-state index contributed by atoms with van der Waals surface area (Å²) >= 11 is 0. The van der Waals surface area contributed by atoms with Gasteiger partial charge < -0.3 is 9.67 Å². The quantitative estimate of drug-likeness (QED) is 0.296. The molecule has 0 aliphatic heterocycles. The van der Waals surface area contributed by atoms with Gasteiger partial charge in [0.25, 0.3) is 0 Å². The van der Waals surface area contributed by atoms with Crippen molar-refractivity contribution in [3.63, 3.8) is 0 Å². The lowest BCUT2D eigenvalue weighted by atomic mass is 10.0. The lowest BCUT2D eigenvalue weighted by Gasteiger charge is -2.10. The molecule has 1 N–H and O–H groups in total. The van der Waals surface area contributed by atoms with Gasteiger partial charge in [-0.05, 0) is 6.42 Å². The molecule has 0 bridgehead atoms. The molecule has 0 saturated carbocycles. The van der Waals surface area contributed by atoms with Gasteiger partial charge in [0, 0.05) is 18.8 Å². The lowest BCUT2D eigenvalue weighted by molar-refractivity contribution is 0.111. The number of hydrogen-bond acceptors (Lipinski definition) is 3. The summed E-state index contributed by atoms with van der Waals surface area (Å²) in [6, 6.07) is 1.31. The molecule has 148 valence electrons. The van der Waals surface area contributed by atoms with Crippen molar-refractivity contribution in [3.05, 3.63) is 28.2 Å². The maximum Gasteiger partial charge on any atom is 0.223 e. The average molecular weight is 364 g/mol. The van der Waals surface area contributed by atoms with Gasteiger partial charge in [0.05, 0.1) is 0 Å². The van der Waals surface area contributed by atoms with Crippen LogP contribution in [0.2, 0.25) is 0 Å². The van der Waals surface area contributed by atoms with Crippen molar-refractivity contribution in [2.45, 2.75) is 103 Å². The van der Waals surface area contributed by atoms with Crippen molar-refractivity contribution in [2.75, 3.05) is 0 Å². The minimum Gasteiger partial charge on any atom is -0.503 e. The molecule has 0 amide bonds. The lowest BCUT2D eigenvalue weighted by Crippen LogP contribution is -2.12. The van der Waals surface area contributed by atoms with Crippen molar-refractivity contribution >= 4 is 6.29 Å². The van der Waals surface area contributed by atoms with Crippen LogP contribution in [0.15, 0.2) is 17.1 Å². The Morgan fingerprint density at radius 2 is 1.31 bits per heavy atom. The van der Waals surface area contributed by atoms with E-state index in [0.717, 1.165) is 12.8 Å². The SMILES string of the molecule is CCCCCCCCCCCCCCCCn1ccc(=O)c(O)c1C=O. The fourth-order valence-corrected chi connectivity index (χ4v) is 3.37. The highest BCUT2D eigenvalue weighted by Gasteiger charge is 2.08. The molecule has 0 atom stereocenters. The fourth-order valence-electron chi connectivity index (χ4n) is 3.37. The predicted octanol–water partition coefficient (Wildman–Crippen LogP) is 5.85. The van der Waals surface area contributed by atoms with E-state index in [-0.39, 0.29) is 5.69 Å². The van der Waals surface area contributed by atoms with Gasteiger partial charge in [-0.25, -0.2) is 0 Å². The Morgan fingerprint density at radius 3 is 1.77 bits per heavy atom. The number of aromatic hydroxyl groups is 1. The van der Waals surface area contributed by atoms with Crippen LogP contribution in [0.4, 0.5) is 0 Å². The normalized spacial score (nSPS) is 11.0. The Hall–Kier alpha value is -1.58. The Balaban J connectivity index is 1.98. The summed E-state index contributed by atoms with van der Waals surface area (Å²) in [6.45, 7) is 2.93. The second-order valence-electron chi connectivity index (χ2n) is 7.32. The first-order chi connectivity index (χ1) is 12.7. The average Bonchev–Trinajstić information content (AvgIpc) is 2.65. The number of nitrogens with zero attached hydrogens (tertiary/aromatic N) is 1. The summed E-state index contributed by atoms with van der Waals surface area (Å²) in [5.74, 6) is -0.437. The molecule has 1 rings (SSSR count). The molecule has 1 heterocycles. The first-order valence-electron chi connectivity index (χ1n) is 10.6. The maximum atomic E-state index is 11.3. The van der Waals surface area contributed by atoms with Crippen LogP contribution in [-0.2, 0) is 6.54 Å². The fraction of sp³-hybridized carbons (Fsp3) is 0.727. The Labute approximate surface area is 158 Å². The third-order valence-electron chi connectivity index (χ3n) is 5.06. The van der Waals surface area contributed by atoms with Crippen molar-refractivity contribution in [3.8, 4) is 5.75 Å². The minimum atomic E-state index is -0.496. The predicted molar refractivity (Wildman–Crippen MR) is 108 cm³/mol. The van der Waals surface area contributed by atoms with Gasteiger partial charge >= 0.3 is 0 Å². The van der Waals surface area contributed by atoms with Crippen LogP contribution in [0.1, 0.15) is 107 Å². The number of carbonyl (C=O) groups excluding carboxylic acids is 1. The molecule has 0 aliphatic carbocycles. The van der Waals surface area contributed by atoms with Crippen LogP contribution in [0, 0.1) is 0 Å². The molecule has 0 unspecified atom stereocenters. The highest BCUT2D eigenvalue weighted by Crippen LogP contribution is 2.14. The second kappa shape index (κ2) is 14.6. The highest BCUT2D eigenvalue weighted by atomic mass is 16.3. The summed E-state index contributed by atoms with van der Waals surface area (Å²) in [5.41, 5.74) is -0.406. The molecule has 1 aromatic heterocycles. The summed E-state index contributed by atoms with van der Waals surface area (Å²) in [6.07, 6.45) is 20.4. The largest absolute Gasteiger partial charge is 0.503 e. The van der Waals surface area contributed by atoms with E-state index >= 15 is 0 Å². The van der Waals surface area contributed by atoms with Gasteiger partial charge in [0.2, 0.25) is 5.43 Å². The molecular weight excluding hydrogens is 326 g/mol. The van der Waals surface area contributed by atoms with Crippen LogP contribution in [0.3, 0.4) is 0 Å². The zero-order chi connectivity index (χ0) is 19.0. The summed E-state index contributed by atoms with van der Waals surface area (Å²) in [7, 11) is 0. The summed E-state index contributed by atoms with van der Waals surface area (Å²) in [4.78, 5) is 22.4. The highest BCUT2D eigenvalue weighted by molar-refractivity contribution is 5.76. The molecule has 0 fully saturated rings. The number of aromatic nitrogens is 1. The van der Waals surface area contributed by atoms with Gasteiger partial charge in [-0.2, -0.15) is 0 Å². The second-order valence-corrected chi connectivity index (χ2v) is 7.32. The molecule has 26 heavy (non-hydrogen) atoms. The minimum absolute atomic E-state index is 0.0900. The zero-order valence-electron chi connectivity index (χ0n) is 16.5. The van der Waals surface area contributed by atoms with E-state index in [9.17, 15) is 14.7 Å². The molecule has 0 radical (unpaired) electrons. The van der Waals surface area contributed by atoms with Crippen LogP contribution in [0.25, 0.3) is 0 Å².